The van der Waals surface area contributed by atoms with E-state index < -0.39 is 5.97 Å². The summed E-state index contributed by atoms with van der Waals surface area (Å²) in [5.41, 5.74) is 1.75. The van der Waals surface area contributed by atoms with Crippen LogP contribution in [0, 0.1) is 12.7 Å². The van der Waals surface area contributed by atoms with E-state index >= 15 is 0 Å². The molecule has 144 valence electrons. The van der Waals surface area contributed by atoms with Crippen LogP contribution in [0.25, 0.3) is 6.08 Å². The van der Waals surface area contributed by atoms with Crippen LogP contribution in [-0.4, -0.2) is 11.8 Å². The van der Waals surface area contributed by atoms with Gasteiger partial charge in [0.15, 0.2) is 5.76 Å². The van der Waals surface area contributed by atoms with Gasteiger partial charge < -0.3 is 9.47 Å². The summed E-state index contributed by atoms with van der Waals surface area (Å²) in [4.78, 5) is 25.1. The first-order valence-electron chi connectivity index (χ1n) is 8.74. The van der Waals surface area contributed by atoms with E-state index in [1.165, 1.54) is 18.2 Å². The molecule has 0 radical (unpaired) electrons. The third kappa shape index (κ3) is 3.65. The number of carbonyl (C=O) groups excluding carboxylic acids is 2. The maximum absolute atomic E-state index is 13.1. The summed E-state index contributed by atoms with van der Waals surface area (Å²) in [6.07, 6.45) is 1.54. The minimum absolute atomic E-state index is 0.115. The number of carbonyl (C=O) groups is 2. The number of ether oxygens (including phenoxy) is 2. The molecule has 29 heavy (non-hydrogen) atoms. The van der Waals surface area contributed by atoms with Gasteiger partial charge in [0.1, 0.15) is 17.3 Å². The van der Waals surface area contributed by atoms with Crippen LogP contribution in [0.15, 0.2) is 66.4 Å². The second kappa shape index (κ2) is 7.53. The fraction of sp³-hybridized carbons (Fsp3) is 0.0435. The molecule has 0 N–H and O–H groups in total. The summed E-state index contributed by atoms with van der Waals surface area (Å²) in [5.74, 6) is -0.557. The molecular weight excluding hydrogens is 395 g/mol. The van der Waals surface area contributed by atoms with E-state index in [1.807, 2.05) is 0 Å². The van der Waals surface area contributed by atoms with Crippen LogP contribution < -0.4 is 9.47 Å². The standard InChI is InChI=1S/C23H14ClFO4/c1-13-19(29-23(27)16-4-2-3-5-18(16)24)11-10-17-21(26)20(28-22(13)17)12-14-6-8-15(25)9-7-14/h2-12H,1H3/b20-12-. The molecule has 0 atom stereocenters. The monoisotopic (exact) mass is 408 g/mol. The van der Waals surface area contributed by atoms with Gasteiger partial charge in [0.25, 0.3) is 0 Å². The highest BCUT2D eigenvalue weighted by Crippen LogP contribution is 2.39. The van der Waals surface area contributed by atoms with Gasteiger partial charge in [-0.05, 0) is 55.0 Å². The predicted octanol–water partition coefficient (Wildman–Crippen LogP) is 5.62. The Labute approximate surface area is 171 Å². The minimum atomic E-state index is -0.606. The summed E-state index contributed by atoms with van der Waals surface area (Å²) in [6, 6.07) is 15.4. The number of Topliss-reactive ketones (excluding diaryl/α,β-unsaturated/α-hetero) is 1. The van der Waals surface area contributed by atoms with E-state index in [1.54, 1.807) is 55.5 Å². The van der Waals surface area contributed by atoms with Gasteiger partial charge in [-0.25, -0.2) is 9.18 Å². The van der Waals surface area contributed by atoms with Crippen molar-refractivity contribution in [3.05, 3.63) is 99.5 Å². The Kier molecular flexibility index (Phi) is 4.91. The first-order valence-corrected chi connectivity index (χ1v) is 9.12. The largest absolute Gasteiger partial charge is 0.452 e. The van der Waals surface area contributed by atoms with Gasteiger partial charge in [-0.3, -0.25) is 4.79 Å². The normalized spacial score (nSPS) is 13.9. The number of fused-ring (bicyclic) bond motifs is 1. The van der Waals surface area contributed by atoms with Crippen molar-refractivity contribution in [2.75, 3.05) is 0 Å². The van der Waals surface area contributed by atoms with Crippen molar-refractivity contribution in [2.24, 2.45) is 0 Å². The zero-order valence-corrected chi connectivity index (χ0v) is 16.0. The molecule has 4 rings (SSSR count). The second-order valence-electron chi connectivity index (χ2n) is 6.43. The van der Waals surface area contributed by atoms with Crippen LogP contribution in [-0.2, 0) is 0 Å². The minimum Gasteiger partial charge on any atom is -0.452 e. The Morgan fingerprint density at radius 1 is 1.07 bits per heavy atom. The number of hydrogen-bond donors (Lipinski definition) is 0. The SMILES string of the molecule is Cc1c(OC(=O)c2ccccc2Cl)ccc2c1O/C(=C\c1ccc(F)cc1)C2=O. The van der Waals surface area contributed by atoms with Gasteiger partial charge in [-0.2, -0.15) is 0 Å². The Morgan fingerprint density at radius 3 is 2.52 bits per heavy atom. The van der Waals surface area contributed by atoms with Crippen molar-refractivity contribution >= 4 is 29.4 Å². The molecule has 6 heteroatoms. The third-order valence-electron chi connectivity index (χ3n) is 4.50. The van der Waals surface area contributed by atoms with Crippen LogP contribution in [0.2, 0.25) is 5.02 Å². The third-order valence-corrected chi connectivity index (χ3v) is 4.83. The summed E-state index contributed by atoms with van der Waals surface area (Å²) < 4.78 is 24.3. The molecule has 0 fully saturated rings. The Morgan fingerprint density at radius 2 is 1.79 bits per heavy atom. The van der Waals surface area contributed by atoms with Crippen LogP contribution in [0.4, 0.5) is 4.39 Å². The molecule has 1 aliphatic heterocycles. The molecule has 0 aliphatic carbocycles. The zero-order valence-electron chi connectivity index (χ0n) is 15.2. The molecule has 0 saturated carbocycles. The lowest BCUT2D eigenvalue weighted by atomic mass is 10.1. The van der Waals surface area contributed by atoms with Crippen LogP contribution in [0.5, 0.6) is 11.5 Å². The Bertz CT molecular complexity index is 1170. The first kappa shape index (κ1) is 18.9. The molecule has 0 saturated heterocycles. The quantitative estimate of drug-likeness (QED) is 0.320. The van der Waals surface area contributed by atoms with Crippen molar-refractivity contribution < 1.29 is 23.5 Å². The van der Waals surface area contributed by atoms with E-state index in [0.29, 0.717) is 22.4 Å². The van der Waals surface area contributed by atoms with Crippen LogP contribution in [0.1, 0.15) is 31.8 Å². The molecule has 0 amide bonds. The van der Waals surface area contributed by atoms with Gasteiger partial charge in [0.05, 0.1) is 16.1 Å². The zero-order chi connectivity index (χ0) is 20.5. The number of ketones is 1. The molecule has 1 heterocycles. The number of rotatable bonds is 3. The van der Waals surface area contributed by atoms with Crippen molar-refractivity contribution in [2.45, 2.75) is 6.92 Å². The lowest BCUT2D eigenvalue weighted by molar-refractivity contribution is 0.0733. The van der Waals surface area contributed by atoms with Crippen molar-refractivity contribution in [3.8, 4) is 11.5 Å². The van der Waals surface area contributed by atoms with Gasteiger partial charge in [-0.15, -0.1) is 0 Å². The highest BCUT2D eigenvalue weighted by Gasteiger charge is 2.30. The lowest BCUT2D eigenvalue weighted by Crippen LogP contribution is -2.10. The van der Waals surface area contributed by atoms with E-state index in [4.69, 9.17) is 21.1 Å². The van der Waals surface area contributed by atoms with Crippen LogP contribution in [0.3, 0.4) is 0 Å². The van der Waals surface area contributed by atoms with Crippen LogP contribution >= 0.6 is 11.6 Å². The topological polar surface area (TPSA) is 52.6 Å². The first-order chi connectivity index (χ1) is 13.9. The smallest absolute Gasteiger partial charge is 0.345 e. The van der Waals surface area contributed by atoms with Crippen molar-refractivity contribution in [3.63, 3.8) is 0 Å². The fourth-order valence-electron chi connectivity index (χ4n) is 2.97. The summed E-state index contributed by atoms with van der Waals surface area (Å²) in [5, 5.41) is 0.284. The number of hydrogen-bond acceptors (Lipinski definition) is 4. The highest BCUT2D eigenvalue weighted by atomic mass is 35.5. The Balaban J connectivity index is 1.62. The van der Waals surface area contributed by atoms with E-state index in [0.717, 1.165) is 0 Å². The maximum Gasteiger partial charge on any atom is 0.345 e. The van der Waals surface area contributed by atoms with Gasteiger partial charge in [-0.1, -0.05) is 35.9 Å². The lowest BCUT2D eigenvalue weighted by Gasteiger charge is -2.10. The summed E-state index contributed by atoms with van der Waals surface area (Å²) in [6.45, 7) is 1.70. The molecule has 0 bridgehead atoms. The summed E-state index contributed by atoms with van der Waals surface area (Å²) in [7, 11) is 0. The van der Waals surface area contributed by atoms with Gasteiger partial charge in [0, 0.05) is 5.56 Å². The number of benzene rings is 3. The molecule has 3 aromatic carbocycles. The van der Waals surface area contributed by atoms with E-state index in [9.17, 15) is 14.0 Å². The highest BCUT2D eigenvalue weighted by molar-refractivity contribution is 6.33. The van der Waals surface area contributed by atoms with E-state index in [2.05, 4.69) is 0 Å². The maximum atomic E-state index is 13.1. The number of halogens is 2. The molecular formula is C23H14ClFO4. The number of esters is 1. The molecule has 0 aromatic heterocycles. The van der Waals surface area contributed by atoms with Gasteiger partial charge >= 0.3 is 5.97 Å². The van der Waals surface area contributed by atoms with Crippen molar-refractivity contribution in [1.82, 2.24) is 0 Å². The summed E-state index contributed by atoms with van der Waals surface area (Å²) >= 11 is 6.04. The number of allylic oxidation sites excluding steroid dienone is 1. The molecule has 4 nitrogen and oxygen atoms in total. The molecule has 0 spiro atoms. The van der Waals surface area contributed by atoms with E-state index in [-0.39, 0.29) is 33.7 Å². The average molecular weight is 409 g/mol. The fourth-order valence-corrected chi connectivity index (χ4v) is 3.18. The second-order valence-corrected chi connectivity index (χ2v) is 6.83. The van der Waals surface area contributed by atoms with Crippen molar-refractivity contribution in [1.29, 1.82) is 0 Å². The van der Waals surface area contributed by atoms with Gasteiger partial charge in [0.2, 0.25) is 5.78 Å². The Hall–Kier alpha value is -3.44. The average Bonchev–Trinajstić information content (AvgIpc) is 3.02. The molecule has 0 unspecified atom stereocenters. The molecule has 3 aromatic rings. The molecule has 1 aliphatic rings. The predicted molar refractivity (Wildman–Crippen MR) is 107 cm³/mol.